The van der Waals surface area contributed by atoms with Crippen molar-refractivity contribution in [2.45, 2.75) is 6.18 Å². The number of nitrogens with one attached hydrogen (secondary N) is 2. The first kappa shape index (κ1) is 15.9. The molecule has 1 aromatic carbocycles. The molecule has 0 bridgehead atoms. The number of nitrogens with two attached hydrogens (primary N) is 1. The molecule has 4 N–H and O–H groups in total. The molecule has 2 amide bonds. The number of hydrogen-bond acceptors (Lipinski definition) is 3. The maximum absolute atomic E-state index is 13.3. The minimum Gasteiger partial charge on any atom is -0.346 e. The molecule has 0 aliphatic carbocycles. The first-order chi connectivity index (χ1) is 9.24. The standard InChI is InChI=1S/C11H11F4N3O2/c12-7-2-1-6(11(13,14)15)3-8(7)18-10(20)5-17-9(19)4-16/h1-3H,4-5,16H2,(H,17,19)(H,18,20). The SMILES string of the molecule is NCC(=O)NCC(=O)Nc1cc(C(F)(F)F)ccc1F. The molecule has 0 aliphatic rings. The van der Waals surface area contributed by atoms with Gasteiger partial charge in [-0.15, -0.1) is 0 Å². The summed E-state index contributed by atoms with van der Waals surface area (Å²) in [5, 5.41) is 4.03. The molecule has 0 saturated heterocycles. The second-order valence-corrected chi connectivity index (χ2v) is 3.72. The highest BCUT2D eigenvalue weighted by atomic mass is 19.4. The number of carbonyl (C=O) groups excluding carboxylic acids is 2. The minimum absolute atomic E-state index is 0.342. The van der Waals surface area contributed by atoms with Crippen LogP contribution in [-0.2, 0) is 15.8 Å². The van der Waals surface area contributed by atoms with Crippen molar-refractivity contribution in [2.24, 2.45) is 5.73 Å². The van der Waals surface area contributed by atoms with Gasteiger partial charge in [0.1, 0.15) is 5.82 Å². The number of hydrogen-bond donors (Lipinski definition) is 3. The Labute approximate surface area is 111 Å². The van der Waals surface area contributed by atoms with Gasteiger partial charge in [-0.3, -0.25) is 9.59 Å². The predicted octanol–water partition coefficient (Wildman–Crippen LogP) is 0.858. The van der Waals surface area contributed by atoms with Crippen LogP contribution in [0.25, 0.3) is 0 Å². The second-order valence-electron chi connectivity index (χ2n) is 3.72. The maximum Gasteiger partial charge on any atom is 0.416 e. The summed E-state index contributed by atoms with van der Waals surface area (Å²) in [5.74, 6) is -2.51. The van der Waals surface area contributed by atoms with Crippen LogP contribution in [0.5, 0.6) is 0 Å². The van der Waals surface area contributed by atoms with Crippen LogP contribution < -0.4 is 16.4 Å². The van der Waals surface area contributed by atoms with E-state index in [-0.39, 0.29) is 6.54 Å². The third-order valence-corrected chi connectivity index (χ3v) is 2.20. The summed E-state index contributed by atoms with van der Waals surface area (Å²) in [6.45, 7) is -0.864. The van der Waals surface area contributed by atoms with Crippen LogP contribution in [0.1, 0.15) is 5.56 Å². The minimum atomic E-state index is -4.65. The van der Waals surface area contributed by atoms with Crippen molar-refractivity contribution in [3.8, 4) is 0 Å². The van der Waals surface area contributed by atoms with Crippen molar-refractivity contribution >= 4 is 17.5 Å². The molecule has 1 rings (SSSR count). The zero-order valence-corrected chi connectivity index (χ0v) is 10.1. The number of carbonyl (C=O) groups is 2. The summed E-state index contributed by atoms with van der Waals surface area (Å²) in [6, 6.07) is 1.62. The number of benzene rings is 1. The molecule has 0 radical (unpaired) electrons. The number of halogens is 4. The molecule has 1 aromatic rings. The van der Waals surface area contributed by atoms with Gasteiger partial charge in [-0.25, -0.2) is 4.39 Å². The van der Waals surface area contributed by atoms with Crippen LogP contribution >= 0.6 is 0 Å². The second kappa shape index (κ2) is 6.33. The molecule has 0 unspecified atom stereocenters. The smallest absolute Gasteiger partial charge is 0.346 e. The van der Waals surface area contributed by atoms with E-state index in [1.807, 2.05) is 5.32 Å². The lowest BCUT2D eigenvalue weighted by atomic mass is 10.2. The van der Waals surface area contributed by atoms with Gasteiger partial charge >= 0.3 is 6.18 Å². The van der Waals surface area contributed by atoms with Gasteiger partial charge in [-0.05, 0) is 18.2 Å². The first-order valence-electron chi connectivity index (χ1n) is 5.37. The van der Waals surface area contributed by atoms with E-state index in [1.165, 1.54) is 0 Å². The van der Waals surface area contributed by atoms with Crippen LogP contribution in [0, 0.1) is 5.82 Å². The fourth-order valence-corrected chi connectivity index (χ4v) is 1.24. The molecule has 0 aliphatic heterocycles. The molecule has 0 heterocycles. The van der Waals surface area contributed by atoms with Crippen molar-refractivity contribution in [2.75, 3.05) is 18.4 Å². The summed E-state index contributed by atoms with van der Waals surface area (Å²) in [4.78, 5) is 22.1. The summed E-state index contributed by atoms with van der Waals surface area (Å²) >= 11 is 0. The Hall–Kier alpha value is -2.16. The lowest BCUT2D eigenvalue weighted by Gasteiger charge is -2.11. The van der Waals surface area contributed by atoms with E-state index in [4.69, 9.17) is 5.73 Å². The van der Waals surface area contributed by atoms with Crippen LogP contribution in [0.3, 0.4) is 0 Å². The third kappa shape index (κ3) is 4.50. The fraction of sp³-hybridized carbons (Fsp3) is 0.273. The summed E-state index contributed by atoms with van der Waals surface area (Å²) in [7, 11) is 0. The Kier molecular flexibility index (Phi) is 5.03. The molecule has 0 aromatic heterocycles. The van der Waals surface area contributed by atoms with Gasteiger partial charge in [-0.1, -0.05) is 0 Å². The van der Waals surface area contributed by atoms with E-state index in [0.29, 0.717) is 18.2 Å². The molecular formula is C11H11F4N3O2. The van der Waals surface area contributed by atoms with Crippen LogP contribution in [0.2, 0.25) is 0 Å². The maximum atomic E-state index is 13.3. The highest BCUT2D eigenvalue weighted by Gasteiger charge is 2.31. The van der Waals surface area contributed by atoms with Gasteiger partial charge < -0.3 is 16.4 Å². The Morgan fingerprint density at radius 1 is 1.20 bits per heavy atom. The largest absolute Gasteiger partial charge is 0.416 e. The normalized spacial score (nSPS) is 11.1. The average Bonchev–Trinajstić information content (AvgIpc) is 2.37. The molecule has 0 spiro atoms. The molecule has 0 saturated carbocycles. The van der Waals surface area contributed by atoms with Crippen molar-refractivity contribution in [1.82, 2.24) is 5.32 Å². The monoisotopic (exact) mass is 293 g/mol. The van der Waals surface area contributed by atoms with Crippen molar-refractivity contribution < 1.29 is 27.2 Å². The Bertz CT molecular complexity index is 517. The zero-order chi connectivity index (χ0) is 15.3. The third-order valence-electron chi connectivity index (χ3n) is 2.20. The topological polar surface area (TPSA) is 84.2 Å². The predicted molar refractivity (Wildman–Crippen MR) is 62.1 cm³/mol. The van der Waals surface area contributed by atoms with E-state index in [0.717, 1.165) is 0 Å². The summed E-state index contributed by atoms with van der Waals surface area (Å²) in [5.41, 5.74) is 3.26. The van der Waals surface area contributed by atoms with Gasteiger partial charge in [0.25, 0.3) is 0 Å². The van der Waals surface area contributed by atoms with E-state index in [1.54, 1.807) is 0 Å². The summed E-state index contributed by atoms with van der Waals surface area (Å²) < 4.78 is 50.6. The van der Waals surface area contributed by atoms with Crippen molar-refractivity contribution in [3.63, 3.8) is 0 Å². The highest BCUT2D eigenvalue weighted by molar-refractivity contribution is 5.94. The Morgan fingerprint density at radius 2 is 1.85 bits per heavy atom. The van der Waals surface area contributed by atoms with Gasteiger partial charge in [0.05, 0.1) is 24.3 Å². The lowest BCUT2D eigenvalue weighted by Crippen LogP contribution is -2.36. The quantitative estimate of drug-likeness (QED) is 0.720. The van der Waals surface area contributed by atoms with E-state index in [2.05, 4.69) is 5.32 Å². The Balaban J connectivity index is 2.76. The number of amides is 2. The van der Waals surface area contributed by atoms with E-state index >= 15 is 0 Å². The molecule has 5 nitrogen and oxygen atoms in total. The number of rotatable bonds is 4. The zero-order valence-electron chi connectivity index (χ0n) is 10.1. The van der Waals surface area contributed by atoms with Crippen molar-refractivity contribution in [3.05, 3.63) is 29.6 Å². The van der Waals surface area contributed by atoms with E-state index in [9.17, 15) is 27.2 Å². The van der Waals surface area contributed by atoms with E-state index < -0.39 is 41.6 Å². The van der Waals surface area contributed by atoms with Crippen LogP contribution in [0.15, 0.2) is 18.2 Å². The van der Waals surface area contributed by atoms with Crippen molar-refractivity contribution in [1.29, 1.82) is 0 Å². The molecule has 0 atom stereocenters. The summed E-state index contributed by atoms with van der Waals surface area (Å²) in [6.07, 6.45) is -4.65. The highest BCUT2D eigenvalue weighted by Crippen LogP contribution is 2.31. The van der Waals surface area contributed by atoms with Gasteiger partial charge in [-0.2, -0.15) is 13.2 Å². The fourth-order valence-electron chi connectivity index (χ4n) is 1.24. The molecule has 9 heteroatoms. The van der Waals surface area contributed by atoms with Crippen LogP contribution in [0.4, 0.5) is 23.2 Å². The van der Waals surface area contributed by atoms with Gasteiger partial charge in [0.2, 0.25) is 11.8 Å². The number of anilines is 1. The molecular weight excluding hydrogens is 282 g/mol. The Morgan fingerprint density at radius 3 is 2.40 bits per heavy atom. The molecule has 0 fully saturated rings. The first-order valence-corrected chi connectivity index (χ1v) is 5.37. The van der Waals surface area contributed by atoms with Crippen LogP contribution in [-0.4, -0.2) is 24.9 Å². The van der Waals surface area contributed by atoms with Gasteiger partial charge in [0.15, 0.2) is 0 Å². The van der Waals surface area contributed by atoms with Gasteiger partial charge in [0, 0.05) is 0 Å². The average molecular weight is 293 g/mol. The molecule has 20 heavy (non-hydrogen) atoms. The number of alkyl halides is 3. The molecule has 110 valence electrons. The lowest BCUT2D eigenvalue weighted by molar-refractivity contribution is -0.137.